The minimum atomic E-state index is 0.0384. The highest BCUT2D eigenvalue weighted by Gasteiger charge is 2.36. The van der Waals surface area contributed by atoms with Gasteiger partial charge in [-0.05, 0) is 149 Å². The van der Waals surface area contributed by atoms with Crippen LogP contribution in [0.15, 0.2) is 218 Å². The third kappa shape index (κ3) is 10.0. The predicted octanol–water partition coefficient (Wildman–Crippen LogP) is 20.1. The quantitative estimate of drug-likeness (QED) is 0.156. The van der Waals surface area contributed by atoms with Crippen LogP contribution in [-0.2, 0) is 17.3 Å². The molecule has 12 rings (SSSR count). The van der Waals surface area contributed by atoms with Crippen molar-refractivity contribution in [3.05, 3.63) is 257 Å². The Morgan fingerprint density at radius 3 is 1.54 bits per heavy atom. The van der Waals surface area contributed by atoms with Crippen LogP contribution in [0.5, 0.6) is 0 Å². The van der Waals surface area contributed by atoms with E-state index in [0.29, 0.717) is 5.92 Å². The van der Waals surface area contributed by atoms with E-state index in [1.54, 1.807) is 0 Å². The van der Waals surface area contributed by atoms with Crippen LogP contribution in [0.4, 0.5) is 0 Å². The lowest BCUT2D eigenvalue weighted by Gasteiger charge is -2.22. The summed E-state index contributed by atoms with van der Waals surface area (Å²) < 4.78 is 0. The van der Waals surface area contributed by atoms with E-state index in [9.17, 15) is 0 Å². The first kappa shape index (κ1) is 48.7. The fourth-order valence-electron chi connectivity index (χ4n) is 10.9. The Morgan fingerprint density at radius 1 is 0.423 bits per heavy atom. The zero-order valence-corrected chi connectivity index (χ0v) is 43.5. The van der Waals surface area contributed by atoms with Crippen molar-refractivity contribution in [2.24, 2.45) is 5.92 Å². The lowest BCUT2D eigenvalue weighted by Crippen LogP contribution is -2.15. The molecule has 9 aromatic rings. The Bertz CT molecular complexity index is 3350. The molecule has 0 heteroatoms. The van der Waals surface area contributed by atoms with E-state index in [1.807, 2.05) is 13.8 Å². The Hall–Kier alpha value is -7.28. The Balaban J connectivity index is 0.000000132. The minimum absolute atomic E-state index is 0.0384. The highest BCUT2D eigenvalue weighted by atomic mass is 14.4. The molecule has 354 valence electrons. The maximum absolute atomic E-state index is 2.40. The van der Waals surface area contributed by atoms with Gasteiger partial charge in [-0.25, -0.2) is 0 Å². The number of benzene rings is 9. The molecule has 1 atom stereocenters. The maximum Gasteiger partial charge on any atom is 0.0159 e. The standard InChI is InChI=1S/C28H24.C22H22.C19H18.C2H6/c1-19-9-15-24-25-16-14-23(18-27(25)28(2,3)26(24)17-19)22-12-10-21(11-13-22)20-7-5-4-6-8-20;1-15-8-10-16(11-9-15)17-12-13-19-18-6-4-5-7-20(18)22(2,3)21(19)14-17;1-2-5-15-8-10-17(11-9-15)19-13-12-16-6-3-4-7-18(16)14-19;1-2/h4-18H,1-3H3;4-8,10-15H,9H2,1-3H3;3-4,6-14H,2,5H2,1H3;1-2H3. The number of allylic oxidation sites excluding steroid dienone is 4. The van der Waals surface area contributed by atoms with Crippen LogP contribution >= 0.6 is 0 Å². The molecule has 3 aliphatic carbocycles. The van der Waals surface area contributed by atoms with Crippen LogP contribution in [-0.4, -0.2) is 0 Å². The van der Waals surface area contributed by atoms with Gasteiger partial charge >= 0.3 is 0 Å². The number of hydrogen-bond acceptors (Lipinski definition) is 0. The summed E-state index contributed by atoms with van der Waals surface area (Å²) in [6.07, 6.45) is 10.5. The third-order valence-corrected chi connectivity index (χ3v) is 15.0. The van der Waals surface area contributed by atoms with Crippen molar-refractivity contribution < 1.29 is 0 Å². The minimum Gasteiger partial charge on any atom is -0.0808 e. The fourth-order valence-corrected chi connectivity index (χ4v) is 10.9. The van der Waals surface area contributed by atoms with E-state index in [1.165, 1.54) is 117 Å². The maximum atomic E-state index is 2.40. The molecule has 0 aliphatic heterocycles. The molecule has 0 bridgehead atoms. The smallest absolute Gasteiger partial charge is 0.0159 e. The van der Waals surface area contributed by atoms with Gasteiger partial charge in [0.2, 0.25) is 0 Å². The second-order valence-corrected chi connectivity index (χ2v) is 20.5. The highest BCUT2D eigenvalue weighted by Crippen LogP contribution is 2.51. The molecule has 3 aliphatic rings. The van der Waals surface area contributed by atoms with Crippen LogP contribution in [0.3, 0.4) is 0 Å². The summed E-state index contributed by atoms with van der Waals surface area (Å²) in [4.78, 5) is 0. The van der Waals surface area contributed by atoms with Crippen LogP contribution in [0.1, 0.15) is 107 Å². The average molecular weight is 923 g/mol. The van der Waals surface area contributed by atoms with Gasteiger partial charge in [-0.3, -0.25) is 0 Å². The number of aryl methyl sites for hydroxylation is 2. The molecular formula is C71H70. The summed E-state index contributed by atoms with van der Waals surface area (Å²) in [6.45, 7) is 20.0. The second kappa shape index (κ2) is 21.0. The molecule has 71 heavy (non-hydrogen) atoms. The van der Waals surface area contributed by atoms with Crippen molar-refractivity contribution in [3.63, 3.8) is 0 Å². The molecule has 0 heterocycles. The van der Waals surface area contributed by atoms with E-state index >= 15 is 0 Å². The molecule has 0 N–H and O–H groups in total. The summed E-state index contributed by atoms with van der Waals surface area (Å²) in [5, 5.41) is 2.60. The topological polar surface area (TPSA) is 0 Å². The summed E-state index contributed by atoms with van der Waals surface area (Å²) >= 11 is 0. The number of hydrogen-bond donors (Lipinski definition) is 0. The SMILES string of the molecule is CC.CC1C=CC(c2ccc3c(c2)C(C)(C)c2ccccc2-3)=CC1.CCCc1ccc(-c2ccc3ccccc3c2)cc1.Cc1ccc2c(c1)C(C)(C)c1cc(-c3ccc(-c4ccccc4)cc3)ccc1-2. The molecule has 0 radical (unpaired) electrons. The molecule has 0 aromatic heterocycles. The van der Waals surface area contributed by atoms with Gasteiger partial charge in [0.1, 0.15) is 0 Å². The third-order valence-electron chi connectivity index (χ3n) is 15.0. The molecular weight excluding hydrogens is 853 g/mol. The van der Waals surface area contributed by atoms with Gasteiger partial charge in [-0.1, -0.05) is 268 Å². The molecule has 0 amide bonds. The van der Waals surface area contributed by atoms with E-state index in [4.69, 9.17) is 0 Å². The zero-order chi connectivity index (χ0) is 49.7. The summed E-state index contributed by atoms with van der Waals surface area (Å²) in [5.74, 6) is 0.666. The van der Waals surface area contributed by atoms with Gasteiger partial charge in [-0.2, -0.15) is 0 Å². The van der Waals surface area contributed by atoms with E-state index < -0.39 is 0 Å². The van der Waals surface area contributed by atoms with Crippen molar-refractivity contribution in [1.82, 2.24) is 0 Å². The van der Waals surface area contributed by atoms with Gasteiger partial charge < -0.3 is 0 Å². The van der Waals surface area contributed by atoms with Gasteiger partial charge in [-0.15, -0.1) is 0 Å². The van der Waals surface area contributed by atoms with Gasteiger partial charge in [0.05, 0.1) is 0 Å². The monoisotopic (exact) mass is 923 g/mol. The zero-order valence-electron chi connectivity index (χ0n) is 43.5. The summed E-state index contributed by atoms with van der Waals surface area (Å²) in [7, 11) is 0. The van der Waals surface area contributed by atoms with E-state index in [2.05, 4.69) is 267 Å². The normalized spacial score (nSPS) is 15.0. The van der Waals surface area contributed by atoms with Crippen molar-refractivity contribution in [1.29, 1.82) is 0 Å². The molecule has 0 spiro atoms. The summed E-state index contributed by atoms with van der Waals surface area (Å²) in [5.41, 5.74) is 24.6. The molecule has 9 aromatic carbocycles. The van der Waals surface area contributed by atoms with E-state index in [-0.39, 0.29) is 10.8 Å². The molecule has 0 fully saturated rings. The van der Waals surface area contributed by atoms with Crippen LogP contribution < -0.4 is 0 Å². The van der Waals surface area contributed by atoms with E-state index in [0.717, 1.165) is 12.8 Å². The molecule has 1 unspecified atom stereocenters. The molecule has 0 saturated heterocycles. The fraction of sp³-hybridized carbons (Fsp3) is 0.211. The lowest BCUT2D eigenvalue weighted by molar-refractivity contribution is 0.660. The van der Waals surface area contributed by atoms with Crippen molar-refractivity contribution in [2.75, 3.05) is 0 Å². The molecule has 0 saturated carbocycles. The van der Waals surface area contributed by atoms with Gasteiger partial charge in [0.15, 0.2) is 0 Å². The van der Waals surface area contributed by atoms with Crippen LogP contribution in [0.25, 0.3) is 72.0 Å². The van der Waals surface area contributed by atoms with Crippen LogP contribution in [0.2, 0.25) is 0 Å². The van der Waals surface area contributed by atoms with Gasteiger partial charge in [0, 0.05) is 10.8 Å². The molecule has 0 nitrogen and oxygen atoms in total. The number of fused-ring (bicyclic) bond motifs is 7. The van der Waals surface area contributed by atoms with Crippen molar-refractivity contribution in [2.45, 2.75) is 92.4 Å². The average Bonchev–Trinajstić information content (AvgIpc) is 3.78. The second-order valence-electron chi connectivity index (χ2n) is 20.5. The first-order chi connectivity index (χ1) is 34.5. The summed E-state index contributed by atoms with van der Waals surface area (Å²) in [6, 6.07) is 73.2. The van der Waals surface area contributed by atoms with Crippen molar-refractivity contribution >= 4 is 16.3 Å². The van der Waals surface area contributed by atoms with Gasteiger partial charge in [0.25, 0.3) is 0 Å². The largest absolute Gasteiger partial charge is 0.0808 e. The first-order valence-corrected chi connectivity index (χ1v) is 26.1. The Kier molecular flexibility index (Phi) is 14.4. The van der Waals surface area contributed by atoms with Crippen molar-refractivity contribution in [3.8, 4) is 55.6 Å². The Morgan fingerprint density at radius 2 is 0.887 bits per heavy atom. The lowest BCUT2D eigenvalue weighted by atomic mass is 9.81. The highest BCUT2D eigenvalue weighted by molar-refractivity contribution is 5.88. The predicted molar refractivity (Wildman–Crippen MR) is 309 cm³/mol. The Labute approximate surface area is 425 Å². The van der Waals surface area contributed by atoms with Crippen LogP contribution in [0, 0.1) is 12.8 Å². The first-order valence-electron chi connectivity index (χ1n) is 26.1. The number of rotatable bonds is 6.